The van der Waals surface area contributed by atoms with Crippen molar-refractivity contribution >= 4 is 15.9 Å². The van der Waals surface area contributed by atoms with E-state index in [4.69, 9.17) is 5.73 Å². The van der Waals surface area contributed by atoms with E-state index in [1.54, 1.807) is 0 Å². The second-order valence-electron chi connectivity index (χ2n) is 4.25. The molecule has 1 aromatic heterocycles. The molecule has 1 fully saturated rings. The zero-order valence-electron chi connectivity index (χ0n) is 8.17. The number of halogens is 1. The first-order valence-electron chi connectivity index (χ1n) is 5.04. The normalized spacial score (nSPS) is 19.0. The molecule has 2 nitrogen and oxygen atoms in total. The molecule has 2 N–H and O–H groups in total. The fourth-order valence-corrected chi connectivity index (χ4v) is 2.53. The molecule has 3 heteroatoms. The minimum Gasteiger partial charge on any atom is -0.330 e. The zero-order valence-corrected chi connectivity index (χ0v) is 9.76. The predicted octanol–water partition coefficient (Wildman–Crippen LogP) is 2.52. The van der Waals surface area contributed by atoms with Crippen LogP contribution >= 0.6 is 15.9 Å². The van der Waals surface area contributed by atoms with Gasteiger partial charge in [0, 0.05) is 16.9 Å². The molecular weight excluding hydrogens is 240 g/mol. The van der Waals surface area contributed by atoms with Crippen LogP contribution in [-0.2, 0) is 6.42 Å². The highest BCUT2D eigenvalue weighted by Gasteiger charge is 2.35. The van der Waals surface area contributed by atoms with Gasteiger partial charge in [-0.25, -0.2) is 0 Å². The monoisotopic (exact) mass is 254 g/mol. The summed E-state index contributed by atoms with van der Waals surface area (Å²) in [4.78, 5) is 4.17. The van der Waals surface area contributed by atoms with E-state index in [-0.39, 0.29) is 0 Å². The first kappa shape index (κ1) is 10.1. The van der Waals surface area contributed by atoms with E-state index in [0.29, 0.717) is 5.41 Å². The lowest BCUT2D eigenvalue weighted by atomic mass is 9.65. The number of nitrogens with two attached hydrogens (primary N) is 1. The smallest absolute Gasteiger partial charge is 0.0410 e. The van der Waals surface area contributed by atoms with Crippen molar-refractivity contribution in [3.8, 4) is 0 Å². The van der Waals surface area contributed by atoms with Crippen LogP contribution in [0.15, 0.2) is 22.9 Å². The van der Waals surface area contributed by atoms with Gasteiger partial charge in [0.05, 0.1) is 0 Å². The Morgan fingerprint density at radius 1 is 1.43 bits per heavy atom. The van der Waals surface area contributed by atoms with Crippen molar-refractivity contribution in [3.63, 3.8) is 0 Å². The van der Waals surface area contributed by atoms with Crippen LogP contribution < -0.4 is 5.73 Å². The Labute approximate surface area is 93.0 Å². The van der Waals surface area contributed by atoms with Crippen molar-refractivity contribution in [2.75, 3.05) is 6.54 Å². The second-order valence-corrected chi connectivity index (χ2v) is 5.16. The summed E-state index contributed by atoms with van der Waals surface area (Å²) in [7, 11) is 0. The van der Waals surface area contributed by atoms with Gasteiger partial charge in [0.1, 0.15) is 0 Å². The van der Waals surface area contributed by atoms with Crippen LogP contribution in [0.4, 0.5) is 0 Å². The van der Waals surface area contributed by atoms with Crippen molar-refractivity contribution in [2.24, 2.45) is 11.1 Å². The van der Waals surface area contributed by atoms with Crippen LogP contribution in [0.2, 0.25) is 0 Å². The Morgan fingerprint density at radius 3 is 2.71 bits per heavy atom. The molecule has 0 saturated heterocycles. The molecule has 1 aromatic rings. The lowest BCUT2D eigenvalue weighted by Crippen LogP contribution is -2.39. The molecular formula is C11H15BrN2. The van der Waals surface area contributed by atoms with Crippen LogP contribution in [0.5, 0.6) is 0 Å². The molecule has 1 aliphatic rings. The Morgan fingerprint density at radius 2 is 2.21 bits per heavy atom. The molecule has 1 saturated carbocycles. The number of aromatic nitrogens is 1. The van der Waals surface area contributed by atoms with E-state index >= 15 is 0 Å². The largest absolute Gasteiger partial charge is 0.330 e. The Kier molecular flexibility index (Phi) is 2.88. The molecule has 0 radical (unpaired) electrons. The van der Waals surface area contributed by atoms with Gasteiger partial charge in [0.15, 0.2) is 0 Å². The zero-order chi connectivity index (χ0) is 10.0. The Balaban J connectivity index is 2.09. The number of hydrogen-bond acceptors (Lipinski definition) is 2. The number of rotatable bonds is 3. The minimum absolute atomic E-state index is 0.377. The highest BCUT2D eigenvalue weighted by atomic mass is 79.9. The highest BCUT2D eigenvalue weighted by Crippen LogP contribution is 2.42. The first-order chi connectivity index (χ1) is 6.74. The van der Waals surface area contributed by atoms with Crippen molar-refractivity contribution in [1.29, 1.82) is 0 Å². The fourth-order valence-electron chi connectivity index (χ4n) is 2.12. The topological polar surface area (TPSA) is 38.9 Å². The van der Waals surface area contributed by atoms with E-state index in [1.165, 1.54) is 24.8 Å². The maximum atomic E-state index is 5.82. The summed E-state index contributed by atoms with van der Waals surface area (Å²) in [5, 5.41) is 0. The lowest BCUT2D eigenvalue weighted by molar-refractivity contribution is 0.144. The molecule has 76 valence electrons. The predicted molar refractivity (Wildman–Crippen MR) is 61.0 cm³/mol. The SMILES string of the molecule is NCC1(Cc2cncc(Br)c2)CCC1. The fraction of sp³-hybridized carbons (Fsp3) is 0.545. The molecule has 0 aliphatic heterocycles. The third kappa shape index (κ3) is 1.98. The van der Waals surface area contributed by atoms with Gasteiger partial charge in [-0.3, -0.25) is 4.98 Å². The third-order valence-electron chi connectivity index (χ3n) is 3.19. The number of nitrogens with zero attached hydrogens (tertiary/aromatic N) is 1. The molecule has 0 unspecified atom stereocenters. The van der Waals surface area contributed by atoms with Crippen molar-refractivity contribution in [3.05, 3.63) is 28.5 Å². The molecule has 1 heterocycles. The van der Waals surface area contributed by atoms with Crippen LogP contribution in [0.25, 0.3) is 0 Å². The van der Waals surface area contributed by atoms with Gasteiger partial charge in [-0.15, -0.1) is 0 Å². The highest BCUT2D eigenvalue weighted by molar-refractivity contribution is 9.10. The van der Waals surface area contributed by atoms with Crippen molar-refractivity contribution < 1.29 is 0 Å². The van der Waals surface area contributed by atoms with Gasteiger partial charge in [-0.05, 0) is 58.8 Å². The lowest BCUT2D eigenvalue weighted by Gasteiger charge is -2.41. The van der Waals surface area contributed by atoms with Gasteiger partial charge in [0.25, 0.3) is 0 Å². The molecule has 0 atom stereocenters. The van der Waals surface area contributed by atoms with Crippen LogP contribution in [0.3, 0.4) is 0 Å². The molecule has 14 heavy (non-hydrogen) atoms. The molecule has 2 rings (SSSR count). The molecule has 0 aromatic carbocycles. The van der Waals surface area contributed by atoms with Gasteiger partial charge >= 0.3 is 0 Å². The quantitative estimate of drug-likeness (QED) is 0.901. The van der Waals surface area contributed by atoms with Gasteiger partial charge in [0.2, 0.25) is 0 Å². The van der Waals surface area contributed by atoms with Crippen LogP contribution in [0, 0.1) is 5.41 Å². The second kappa shape index (κ2) is 3.99. The Hall–Kier alpha value is -0.410. The first-order valence-corrected chi connectivity index (χ1v) is 5.83. The summed E-state index contributed by atoms with van der Waals surface area (Å²) < 4.78 is 1.06. The van der Waals surface area contributed by atoms with E-state index < -0.39 is 0 Å². The van der Waals surface area contributed by atoms with E-state index in [0.717, 1.165) is 17.4 Å². The van der Waals surface area contributed by atoms with E-state index in [2.05, 4.69) is 27.0 Å². The van der Waals surface area contributed by atoms with Crippen LogP contribution in [-0.4, -0.2) is 11.5 Å². The summed E-state index contributed by atoms with van der Waals surface area (Å²) in [5.41, 5.74) is 7.50. The number of pyridine rings is 1. The molecule has 1 aliphatic carbocycles. The van der Waals surface area contributed by atoms with Crippen LogP contribution in [0.1, 0.15) is 24.8 Å². The molecule has 0 amide bonds. The number of hydrogen-bond donors (Lipinski definition) is 1. The summed E-state index contributed by atoms with van der Waals surface area (Å²) in [6.45, 7) is 0.805. The summed E-state index contributed by atoms with van der Waals surface area (Å²) in [6, 6.07) is 2.14. The maximum Gasteiger partial charge on any atom is 0.0410 e. The summed E-state index contributed by atoms with van der Waals surface area (Å²) >= 11 is 3.44. The van der Waals surface area contributed by atoms with E-state index in [1.807, 2.05) is 12.4 Å². The molecule has 0 bridgehead atoms. The van der Waals surface area contributed by atoms with Gasteiger partial charge in [-0.1, -0.05) is 6.42 Å². The average molecular weight is 255 g/mol. The standard InChI is InChI=1S/C11H15BrN2/c12-10-4-9(6-14-7-10)5-11(8-13)2-1-3-11/h4,6-7H,1-3,5,8,13H2. The summed E-state index contributed by atoms with van der Waals surface area (Å²) in [5.74, 6) is 0. The summed E-state index contributed by atoms with van der Waals surface area (Å²) in [6.07, 6.45) is 8.72. The van der Waals surface area contributed by atoms with Crippen molar-refractivity contribution in [2.45, 2.75) is 25.7 Å². The van der Waals surface area contributed by atoms with Crippen molar-refractivity contribution in [1.82, 2.24) is 4.98 Å². The Bertz CT molecular complexity index is 315. The third-order valence-corrected chi connectivity index (χ3v) is 3.62. The minimum atomic E-state index is 0.377. The van der Waals surface area contributed by atoms with Gasteiger partial charge < -0.3 is 5.73 Å². The molecule has 0 spiro atoms. The maximum absolute atomic E-state index is 5.82. The van der Waals surface area contributed by atoms with Gasteiger partial charge in [-0.2, -0.15) is 0 Å². The van der Waals surface area contributed by atoms with E-state index in [9.17, 15) is 0 Å². The average Bonchev–Trinajstić information content (AvgIpc) is 2.11.